The molecule has 1 fully saturated rings. The highest BCUT2D eigenvalue weighted by atomic mass is 16.5. The maximum absolute atomic E-state index is 12.3. The van der Waals surface area contributed by atoms with Crippen molar-refractivity contribution in [2.45, 2.75) is 45.6 Å². The number of hydrogen-bond donors (Lipinski definition) is 2. The minimum Gasteiger partial charge on any atom is -0.494 e. The number of amides is 1. The lowest BCUT2D eigenvalue weighted by Crippen LogP contribution is -2.40. The number of nitrogens with two attached hydrogens (primary N) is 1. The molecule has 0 saturated heterocycles. The predicted octanol–water partition coefficient (Wildman–Crippen LogP) is 2.85. The zero-order chi connectivity index (χ0) is 14.5. The van der Waals surface area contributed by atoms with E-state index >= 15 is 0 Å². The van der Waals surface area contributed by atoms with Gasteiger partial charge in [0.15, 0.2) is 0 Å². The number of ether oxygens (including phenoxy) is 1. The first-order valence-corrected chi connectivity index (χ1v) is 7.41. The van der Waals surface area contributed by atoms with Crippen molar-refractivity contribution in [3.8, 4) is 5.75 Å². The van der Waals surface area contributed by atoms with Gasteiger partial charge in [-0.1, -0.05) is 12.8 Å². The van der Waals surface area contributed by atoms with Crippen LogP contribution in [-0.2, 0) is 4.79 Å². The van der Waals surface area contributed by atoms with E-state index in [1.165, 1.54) is 0 Å². The van der Waals surface area contributed by atoms with Crippen molar-refractivity contribution in [2.24, 2.45) is 11.7 Å². The molecule has 1 aromatic rings. The fourth-order valence-corrected chi connectivity index (χ4v) is 2.74. The maximum atomic E-state index is 12.3. The van der Waals surface area contributed by atoms with Gasteiger partial charge in [-0.2, -0.15) is 0 Å². The Labute approximate surface area is 120 Å². The van der Waals surface area contributed by atoms with Crippen LogP contribution >= 0.6 is 0 Å². The second-order valence-corrected chi connectivity index (χ2v) is 5.45. The van der Waals surface area contributed by atoms with Crippen molar-refractivity contribution in [1.29, 1.82) is 0 Å². The van der Waals surface area contributed by atoms with Gasteiger partial charge in [0.25, 0.3) is 0 Å². The molecule has 1 aliphatic carbocycles. The van der Waals surface area contributed by atoms with Crippen molar-refractivity contribution >= 4 is 11.6 Å². The van der Waals surface area contributed by atoms with E-state index in [4.69, 9.17) is 10.5 Å². The molecule has 0 aliphatic heterocycles. The summed E-state index contributed by atoms with van der Waals surface area (Å²) < 4.78 is 5.45. The maximum Gasteiger partial charge on any atom is 0.229 e. The lowest BCUT2D eigenvalue weighted by Gasteiger charge is -2.27. The van der Waals surface area contributed by atoms with Crippen LogP contribution in [0.1, 0.15) is 38.2 Å². The standard InChI is InChI=1S/C16H24N2O2/c1-3-20-12-8-9-15(11(2)10-12)18-16(19)13-6-4-5-7-14(13)17/h8-10,13-14H,3-7,17H2,1-2H3,(H,18,19). The van der Waals surface area contributed by atoms with Crippen molar-refractivity contribution < 1.29 is 9.53 Å². The normalized spacial score (nSPS) is 22.4. The van der Waals surface area contributed by atoms with Crippen molar-refractivity contribution in [3.05, 3.63) is 23.8 Å². The molecule has 1 aromatic carbocycles. The van der Waals surface area contributed by atoms with Crippen molar-refractivity contribution in [1.82, 2.24) is 0 Å². The first kappa shape index (κ1) is 14.9. The summed E-state index contributed by atoms with van der Waals surface area (Å²) in [5.41, 5.74) is 7.91. The van der Waals surface area contributed by atoms with E-state index in [9.17, 15) is 4.79 Å². The second kappa shape index (κ2) is 6.75. The number of carbonyl (C=O) groups is 1. The van der Waals surface area contributed by atoms with E-state index < -0.39 is 0 Å². The Morgan fingerprint density at radius 3 is 2.80 bits per heavy atom. The number of benzene rings is 1. The highest BCUT2D eigenvalue weighted by Gasteiger charge is 2.28. The molecule has 1 aliphatic rings. The largest absolute Gasteiger partial charge is 0.494 e. The highest BCUT2D eigenvalue weighted by Crippen LogP contribution is 2.26. The SMILES string of the molecule is CCOc1ccc(NC(=O)C2CCCCC2N)c(C)c1. The Hall–Kier alpha value is -1.55. The fourth-order valence-electron chi connectivity index (χ4n) is 2.74. The summed E-state index contributed by atoms with van der Waals surface area (Å²) in [5, 5.41) is 3.01. The number of nitrogens with one attached hydrogen (secondary N) is 1. The van der Waals surface area contributed by atoms with E-state index in [1.54, 1.807) is 0 Å². The van der Waals surface area contributed by atoms with Crippen LogP contribution < -0.4 is 15.8 Å². The summed E-state index contributed by atoms with van der Waals surface area (Å²) >= 11 is 0. The molecule has 4 heteroatoms. The van der Waals surface area contributed by atoms with E-state index in [2.05, 4.69) is 5.32 Å². The third-order valence-corrected chi connectivity index (χ3v) is 3.92. The lowest BCUT2D eigenvalue weighted by molar-refractivity contribution is -0.121. The minimum atomic E-state index is -0.0604. The predicted molar refractivity (Wildman–Crippen MR) is 80.9 cm³/mol. The first-order chi connectivity index (χ1) is 9.61. The summed E-state index contributed by atoms with van der Waals surface area (Å²) in [6.45, 7) is 4.57. The van der Waals surface area contributed by atoms with Gasteiger partial charge < -0.3 is 15.8 Å². The van der Waals surface area contributed by atoms with E-state index in [0.717, 1.165) is 42.7 Å². The Balaban J connectivity index is 2.03. The van der Waals surface area contributed by atoms with E-state index in [-0.39, 0.29) is 17.9 Å². The summed E-state index contributed by atoms with van der Waals surface area (Å²) in [6.07, 6.45) is 4.06. The van der Waals surface area contributed by atoms with Crippen LogP contribution in [0.3, 0.4) is 0 Å². The molecule has 110 valence electrons. The second-order valence-electron chi connectivity index (χ2n) is 5.45. The Morgan fingerprint density at radius 2 is 2.15 bits per heavy atom. The van der Waals surface area contributed by atoms with E-state index in [0.29, 0.717) is 6.61 Å². The molecular formula is C16H24N2O2. The minimum absolute atomic E-state index is 0.00764. The Morgan fingerprint density at radius 1 is 1.40 bits per heavy atom. The average molecular weight is 276 g/mol. The van der Waals surface area contributed by atoms with Gasteiger partial charge >= 0.3 is 0 Å². The van der Waals surface area contributed by atoms with Gasteiger partial charge in [-0.3, -0.25) is 4.79 Å². The Kier molecular flexibility index (Phi) is 5.01. The zero-order valence-electron chi connectivity index (χ0n) is 12.3. The molecule has 4 nitrogen and oxygen atoms in total. The van der Waals surface area contributed by atoms with Gasteiger partial charge in [0.05, 0.1) is 12.5 Å². The molecule has 20 heavy (non-hydrogen) atoms. The number of aryl methyl sites for hydroxylation is 1. The third kappa shape index (κ3) is 3.51. The van der Waals surface area contributed by atoms with Gasteiger partial charge in [0.1, 0.15) is 5.75 Å². The smallest absolute Gasteiger partial charge is 0.229 e. The molecule has 0 heterocycles. The van der Waals surface area contributed by atoms with Crippen molar-refractivity contribution in [2.75, 3.05) is 11.9 Å². The van der Waals surface area contributed by atoms with Crippen LogP contribution in [0.15, 0.2) is 18.2 Å². The summed E-state index contributed by atoms with van der Waals surface area (Å²) in [5.74, 6) is 0.816. The van der Waals surface area contributed by atoms with Crippen LogP contribution in [0.25, 0.3) is 0 Å². The van der Waals surface area contributed by atoms with Crippen LogP contribution in [0.2, 0.25) is 0 Å². The summed E-state index contributed by atoms with van der Waals surface area (Å²) in [4.78, 5) is 12.3. The quantitative estimate of drug-likeness (QED) is 0.888. The highest BCUT2D eigenvalue weighted by molar-refractivity contribution is 5.93. The molecule has 1 saturated carbocycles. The van der Waals surface area contributed by atoms with Crippen LogP contribution in [0, 0.1) is 12.8 Å². The van der Waals surface area contributed by atoms with Gasteiger partial charge in [-0.05, 0) is 50.5 Å². The topological polar surface area (TPSA) is 64.3 Å². The number of anilines is 1. The summed E-state index contributed by atoms with van der Waals surface area (Å²) in [6, 6.07) is 5.71. The lowest BCUT2D eigenvalue weighted by atomic mass is 9.84. The van der Waals surface area contributed by atoms with Crippen LogP contribution in [-0.4, -0.2) is 18.6 Å². The molecule has 2 unspecified atom stereocenters. The molecular weight excluding hydrogens is 252 g/mol. The molecule has 2 rings (SSSR count). The van der Waals surface area contributed by atoms with Crippen LogP contribution in [0.4, 0.5) is 5.69 Å². The van der Waals surface area contributed by atoms with Crippen LogP contribution in [0.5, 0.6) is 5.75 Å². The molecule has 0 spiro atoms. The molecule has 2 atom stereocenters. The van der Waals surface area contributed by atoms with Gasteiger partial charge in [-0.25, -0.2) is 0 Å². The molecule has 1 amide bonds. The molecule has 3 N–H and O–H groups in total. The molecule has 0 radical (unpaired) electrons. The van der Waals surface area contributed by atoms with Gasteiger partial charge in [0, 0.05) is 11.7 Å². The summed E-state index contributed by atoms with van der Waals surface area (Å²) in [7, 11) is 0. The molecule has 0 aromatic heterocycles. The van der Waals surface area contributed by atoms with Crippen molar-refractivity contribution in [3.63, 3.8) is 0 Å². The molecule has 0 bridgehead atoms. The third-order valence-electron chi connectivity index (χ3n) is 3.92. The Bertz CT molecular complexity index is 474. The monoisotopic (exact) mass is 276 g/mol. The first-order valence-electron chi connectivity index (χ1n) is 7.41. The van der Waals surface area contributed by atoms with E-state index in [1.807, 2.05) is 32.0 Å². The number of rotatable bonds is 4. The zero-order valence-corrected chi connectivity index (χ0v) is 12.3. The average Bonchev–Trinajstić information content (AvgIpc) is 2.42. The fraction of sp³-hybridized carbons (Fsp3) is 0.562. The van der Waals surface area contributed by atoms with Gasteiger partial charge in [-0.15, -0.1) is 0 Å². The number of hydrogen-bond acceptors (Lipinski definition) is 3. The van der Waals surface area contributed by atoms with Gasteiger partial charge in [0.2, 0.25) is 5.91 Å². The number of carbonyl (C=O) groups excluding carboxylic acids is 1.